The topological polar surface area (TPSA) is 74.6 Å². The van der Waals surface area contributed by atoms with Crippen molar-refractivity contribution in [2.75, 3.05) is 19.7 Å². The van der Waals surface area contributed by atoms with Crippen LogP contribution in [0.2, 0.25) is 0 Å². The summed E-state index contributed by atoms with van der Waals surface area (Å²) in [5.74, 6) is -0.523. The summed E-state index contributed by atoms with van der Waals surface area (Å²) in [6.45, 7) is 3.78. The number of aromatic nitrogens is 1. The molecule has 6 nitrogen and oxygen atoms in total. The summed E-state index contributed by atoms with van der Waals surface area (Å²) in [6.07, 6.45) is 3.21. The molecule has 4 atom stereocenters. The minimum atomic E-state index is -0.427. The van der Waals surface area contributed by atoms with Crippen LogP contribution in [0, 0.1) is 23.6 Å². The second-order valence-corrected chi connectivity index (χ2v) is 9.38. The molecule has 1 saturated heterocycles. The molecule has 3 aliphatic rings. The van der Waals surface area contributed by atoms with Gasteiger partial charge in [-0.05, 0) is 43.4 Å². The molecule has 7 heteroatoms. The van der Waals surface area contributed by atoms with Crippen molar-refractivity contribution in [1.82, 2.24) is 14.8 Å². The number of hydrogen-bond acceptors (Lipinski definition) is 4. The molecule has 1 aliphatic carbocycles. The molecule has 170 valence electrons. The molecule has 2 bridgehead atoms. The van der Waals surface area contributed by atoms with E-state index in [9.17, 15) is 19.1 Å². The first-order valence-electron chi connectivity index (χ1n) is 11.7. The first-order valence-corrected chi connectivity index (χ1v) is 11.7. The Morgan fingerprint density at radius 2 is 1.97 bits per heavy atom. The van der Waals surface area contributed by atoms with Crippen LogP contribution in [0.1, 0.15) is 37.9 Å². The van der Waals surface area contributed by atoms with Crippen molar-refractivity contribution in [3.63, 3.8) is 0 Å². The highest BCUT2D eigenvalue weighted by atomic mass is 19.1. The third-order valence-corrected chi connectivity index (χ3v) is 7.35. The molecule has 1 amide bonds. The normalized spacial score (nSPS) is 26.7. The quantitative estimate of drug-likeness (QED) is 0.696. The maximum atomic E-state index is 14.4. The average molecular weight is 440 g/mol. The van der Waals surface area contributed by atoms with E-state index in [2.05, 4.69) is 10.2 Å². The Balaban J connectivity index is 1.60. The zero-order valence-corrected chi connectivity index (χ0v) is 18.3. The number of amides is 1. The van der Waals surface area contributed by atoms with Gasteiger partial charge in [0, 0.05) is 49.5 Å². The largest absolute Gasteiger partial charge is 0.396 e. The Labute approximate surface area is 187 Å². The number of rotatable bonds is 7. The van der Waals surface area contributed by atoms with Gasteiger partial charge in [-0.25, -0.2) is 4.39 Å². The number of nitrogens with one attached hydrogen (secondary N) is 1. The molecule has 0 radical (unpaired) electrons. The van der Waals surface area contributed by atoms with Crippen molar-refractivity contribution in [1.29, 1.82) is 0 Å². The summed E-state index contributed by atoms with van der Waals surface area (Å²) in [6, 6.07) is 9.52. The predicted octanol–water partition coefficient (Wildman–Crippen LogP) is 2.55. The molecular weight excluding hydrogens is 409 g/mol. The second kappa shape index (κ2) is 8.45. The number of carbonyl (C=O) groups excluding carboxylic acids is 1. The van der Waals surface area contributed by atoms with E-state index in [1.165, 1.54) is 18.9 Å². The fraction of sp³-hybridized carbons (Fsp3) is 0.520. The van der Waals surface area contributed by atoms with Crippen LogP contribution in [-0.2, 0) is 11.3 Å². The van der Waals surface area contributed by atoms with E-state index in [1.54, 1.807) is 28.8 Å². The third-order valence-electron chi connectivity index (χ3n) is 7.35. The van der Waals surface area contributed by atoms with Crippen molar-refractivity contribution in [3.05, 3.63) is 58.3 Å². The Hall–Kier alpha value is -2.51. The van der Waals surface area contributed by atoms with Crippen LogP contribution in [0.5, 0.6) is 0 Å². The Morgan fingerprint density at radius 1 is 1.19 bits per heavy atom. The highest BCUT2D eigenvalue weighted by Crippen LogP contribution is 2.50. The molecule has 5 rings (SSSR count). The van der Waals surface area contributed by atoms with Crippen LogP contribution < -0.4 is 10.9 Å². The van der Waals surface area contributed by atoms with Crippen molar-refractivity contribution >= 4 is 5.91 Å². The number of aliphatic hydroxyl groups excluding tert-OH is 1. The van der Waals surface area contributed by atoms with Gasteiger partial charge in [-0.2, -0.15) is 0 Å². The minimum Gasteiger partial charge on any atom is -0.396 e. The molecule has 0 unspecified atom stereocenters. The SMILES string of the molecule is CCCNC(=O)[C@@H]1[C@@H](CO)[C@@H]2Cn3c(ccc(-c4ccccc4F)c3=O)[C@H]1N2CC1CC1. The zero-order chi connectivity index (χ0) is 22.4. The first kappa shape index (κ1) is 21.3. The van der Waals surface area contributed by atoms with Gasteiger partial charge >= 0.3 is 0 Å². The van der Waals surface area contributed by atoms with E-state index in [-0.39, 0.29) is 41.6 Å². The lowest BCUT2D eigenvalue weighted by Gasteiger charge is -2.38. The number of benzene rings is 1. The molecule has 3 heterocycles. The Bertz CT molecular complexity index is 1080. The van der Waals surface area contributed by atoms with Crippen LogP contribution in [0.25, 0.3) is 11.1 Å². The lowest BCUT2D eigenvalue weighted by molar-refractivity contribution is -0.127. The number of aliphatic hydroxyl groups is 1. The third kappa shape index (κ3) is 3.48. The number of carbonyl (C=O) groups is 1. The maximum absolute atomic E-state index is 14.4. The fourth-order valence-corrected chi connectivity index (χ4v) is 5.62. The van der Waals surface area contributed by atoms with Gasteiger partial charge in [0.2, 0.25) is 5.91 Å². The highest BCUT2D eigenvalue weighted by Gasteiger charge is 2.56. The predicted molar refractivity (Wildman–Crippen MR) is 119 cm³/mol. The van der Waals surface area contributed by atoms with Gasteiger partial charge in [-0.3, -0.25) is 14.5 Å². The van der Waals surface area contributed by atoms with E-state index >= 15 is 0 Å². The average Bonchev–Trinajstić information content (AvgIpc) is 3.58. The van der Waals surface area contributed by atoms with Crippen LogP contribution in [-0.4, -0.2) is 46.2 Å². The summed E-state index contributed by atoms with van der Waals surface area (Å²) in [5, 5.41) is 13.3. The van der Waals surface area contributed by atoms with Gasteiger partial charge in [0.1, 0.15) is 5.82 Å². The highest BCUT2D eigenvalue weighted by molar-refractivity contribution is 5.80. The molecule has 1 saturated carbocycles. The molecule has 2 aliphatic heterocycles. The van der Waals surface area contributed by atoms with Crippen molar-refractivity contribution in [2.24, 2.45) is 17.8 Å². The first-order chi connectivity index (χ1) is 15.5. The number of pyridine rings is 1. The maximum Gasteiger partial charge on any atom is 0.258 e. The van der Waals surface area contributed by atoms with Crippen LogP contribution in [0.15, 0.2) is 41.2 Å². The molecule has 32 heavy (non-hydrogen) atoms. The number of halogens is 1. The van der Waals surface area contributed by atoms with Gasteiger partial charge in [0.05, 0.1) is 17.5 Å². The van der Waals surface area contributed by atoms with E-state index in [0.717, 1.165) is 18.7 Å². The van der Waals surface area contributed by atoms with E-state index in [4.69, 9.17) is 0 Å². The summed E-state index contributed by atoms with van der Waals surface area (Å²) < 4.78 is 16.1. The second-order valence-electron chi connectivity index (χ2n) is 9.38. The molecule has 1 aromatic carbocycles. The molecule has 1 aromatic heterocycles. The smallest absolute Gasteiger partial charge is 0.258 e. The number of hydrogen-bond donors (Lipinski definition) is 2. The summed E-state index contributed by atoms with van der Waals surface area (Å²) >= 11 is 0. The van der Waals surface area contributed by atoms with Gasteiger partial charge in [0.15, 0.2) is 0 Å². The Morgan fingerprint density at radius 3 is 2.66 bits per heavy atom. The molecule has 0 spiro atoms. The lowest BCUT2D eigenvalue weighted by Crippen LogP contribution is -2.47. The number of fused-ring (bicyclic) bond motifs is 4. The molecule has 2 N–H and O–H groups in total. The minimum absolute atomic E-state index is 0.0572. The van der Waals surface area contributed by atoms with E-state index in [1.807, 2.05) is 13.0 Å². The summed E-state index contributed by atoms with van der Waals surface area (Å²) in [4.78, 5) is 29.0. The number of nitrogens with zero attached hydrogens (tertiary/aromatic N) is 2. The van der Waals surface area contributed by atoms with Crippen LogP contribution in [0.4, 0.5) is 4.39 Å². The van der Waals surface area contributed by atoms with E-state index < -0.39 is 11.7 Å². The van der Waals surface area contributed by atoms with Gasteiger partial charge in [-0.15, -0.1) is 0 Å². The van der Waals surface area contributed by atoms with Crippen molar-refractivity contribution in [2.45, 2.75) is 44.8 Å². The molecule has 2 aromatic rings. The van der Waals surface area contributed by atoms with Crippen molar-refractivity contribution in [3.8, 4) is 11.1 Å². The monoisotopic (exact) mass is 439 g/mol. The summed E-state index contributed by atoms with van der Waals surface area (Å²) in [7, 11) is 0. The van der Waals surface area contributed by atoms with Gasteiger partial charge < -0.3 is 15.0 Å². The Kier molecular flexibility index (Phi) is 5.63. The summed E-state index contributed by atoms with van der Waals surface area (Å²) in [5.41, 5.74) is 1.17. The zero-order valence-electron chi connectivity index (χ0n) is 18.3. The van der Waals surface area contributed by atoms with E-state index in [0.29, 0.717) is 24.6 Å². The fourth-order valence-electron chi connectivity index (χ4n) is 5.62. The molecule has 2 fully saturated rings. The lowest BCUT2D eigenvalue weighted by atomic mass is 9.86. The van der Waals surface area contributed by atoms with Gasteiger partial charge in [-0.1, -0.05) is 25.1 Å². The van der Waals surface area contributed by atoms with Gasteiger partial charge in [0.25, 0.3) is 5.56 Å². The molecular formula is C25H30FN3O3. The van der Waals surface area contributed by atoms with Crippen LogP contribution >= 0.6 is 0 Å². The van der Waals surface area contributed by atoms with Crippen molar-refractivity contribution < 1.29 is 14.3 Å². The standard InChI is InChI=1S/C25H30FN3O3/c1-2-11-27-24(31)22-18(14-30)21-13-29-20(23(22)28(21)12-15-7-8-15)10-9-17(25(29)32)16-5-3-4-6-19(16)26/h3-6,9-10,15,18,21-23,30H,2,7-8,11-14H2,1H3,(H,27,31)/t18-,21-,22+,23+/m0/s1. The van der Waals surface area contributed by atoms with Crippen LogP contribution in [0.3, 0.4) is 0 Å².